The van der Waals surface area contributed by atoms with E-state index in [0.717, 1.165) is 26.6 Å². The van der Waals surface area contributed by atoms with Gasteiger partial charge in [0.25, 0.3) is 0 Å². The number of para-hydroxylation sites is 1. The van der Waals surface area contributed by atoms with Crippen LogP contribution in [0.1, 0.15) is 0 Å². The molecule has 130 valence electrons. The number of nitrogens with zero attached hydrogens (tertiary/aromatic N) is 4. The van der Waals surface area contributed by atoms with E-state index in [1.54, 1.807) is 24.3 Å². The van der Waals surface area contributed by atoms with Crippen LogP contribution in [0.15, 0.2) is 83.1 Å². The molecule has 7 heteroatoms. The van der Waals surface area contributed by atoms with Crippen molar-refractivity contribution in [2.45, 2.75) is 9.92 Å². The molecule has 0 spiro atoms. The molecule has 26 heavy (non-hydrogen) atoms. The molecule has 5 nitrogen and oxygen atoms in total. The summed E-state index contributed by atoms with van der Waals surface area (Å²) in [7, 11) is -1.00. The highest BCUT2D eigenvalue weighted by Gasteiger charge is 2.12. The van der Waals surface area contributed by atoms with Gasteiger partial charge in [-0.3, -0.25) is 4.21 Å². The Labute approximate surface area is 158 Å². The van der Waals surface area contributed by atoms with Crippen molar-refractivity contribution in [3.63, 3.8) is 0 Å². The first-order valence-corrected chi connectivity index (χ1v) is 10.4. The fourth-order valence-electron chi connectivity index (χ4n) is 2.60. The SMILES string of the molecule is O=[S@](CCSc1ncnc2c1cnn2-c1ccccc1)c1ccccc1. The molecule has 0 saturated heterocycles. The lowest BCUT2D eigenvalue weighted by Gasteiger charge is -2.04. The average Bonchev–Trinajstić information content (AvgIpc) is 3.14. The van der Waals surface area contributed by atoms with Gasteiger partial charge in [-0.25, -0.2) is 14.6 Å². The topological polar surface area (TPSA) is 60.7 Å². The van der Waals surface area contributed by atoms with Crippen LogP contribution in [-0.2, 0) is 10.8 Å². The second-order valence-corrected chi connectivity index (χ2v) is 8.17. The van der Waals surface area contributed by atoms with Crippen LogP contribution in [0.2, 0.25) is 0 Å². The molecule has 0 aliphatic rings. The Morgan fingerprint density at radius 3 is 2.46 bits per heavy atom. The maximum absolute atomic E-state index is 12.3. The lowest BCUT2D eigenvalue weighted by atomic mass is 10.3. The van der Waals surface area contributed by atoms with E-state index in [0.29, 0.717) is 11.5 Å². The van der Waals surface area contributed by atoms with Crippen molar-refractivity contribution in [3.8, 4) is 5.69 Å². The van der Waals surface area contributed by atoms with E-state index in [9.17, 15) is 4.21 Å². The summed E-state index contributed by atoms with van der Waals surface area (Å²) in [5.41, 5.74) is 1.74. The van der Waals surface area contributed by atoms with Gasteiger partial charge in [0.15, 0.2) is 5.65 Å². The third kappa shape index (κ3) is 3.54. The molecule has 0 saturated carbocycles. The molecule has 0 aliphatic heterocycles. The predicted molar refractivity (Wildman–Crippen MR) is 105 cm³/mol. The molecule has 0 amide bonds. The summed E-state index contributed by atoms with van der Waals surface area (Å²) in [5, 5.41) is 6.23. The van der Waals surface area contributed by atoms with E-state index in [2.05, 4.69) is 15.1 Å². The van der Waals surface area contributed by atoms with Gasteiger partial charge in [0, 0.05) is 16.4 Å². The van der Waals surface area contributed by atoms with Crippen LogP contribution < -0.4 is 0 Å². The summed E-state index contributed by atoms with van der Waals surface area (Å²) in [6, 6.07) is 19.4. The number of aromatic nitrogens is 4. The van der Waals surface area contributed by atoms with Gasteiger partial charge in [-0.05, 0) is 24.3 Å². The van der Waals surface area contributed by atoms with Crippen molar-refractivity contribution in [3.05, 3.63) is 73.2 Å². The van der Waals surface area contributed by atoms with Crippen molar-refractivity contribution >= 4 is 33.6 Å². The molecule has 2 aromatic carbocycles. The molecule has 0 fully saturated rings. The normalized spacial score (nSPS) is 12.3. The van der Waals surface area contributed by atoms with E-state index < -0.39 is 10.8 Å². The van der Waals surface area contributed by atoms with Gasteiger partial charge in [0.2, 0.25) is 0 Å². The molecule has 0 bridgehead atoms. The Bertz CT molecular complexity index is 1040. The molecule has 4 rings (SSSR count). The third-order valence-corrected chi connectivity index (χ3v) is 6.48. The highest BCUT2D eigenvalue weighted by Crippen LogP contribution is 2.26. The summed E-state index contributed by atoms with van der Waals surface area (Å²) in [4.78, 5) is 9.63. The zero-order valence-electron chi connectivity index (χ0n) is 13.9. The second-order valence-electron chi connectivity index (χ2n) is 5.52. The number of benzene rings is 2. The van der Waals surface area contributed by atoms with Crippen molar-refractivity contribution in [1.82, 2.24) is 19.7 Å². The smallest absolute Gasteiger partial charge is 0.167 e. The molecule has 4 aromatic rings. The average molecular weight is 380 g/mol. The van der Waals surface area contributed by atoms with Gasteiger partial charge in [0.1, 0.15) is 11.4 Å². The first kappa shape index (κ1) is 16.9. The standard InChI is InChI=1S/C19H16N4OS2/c24-26(16-9-5-2-6-10-16)12-11-25-19-17-13-22-23(18(17)20-14-21-19)15-7-3-1-4-8-15/h1-10,13-14H,11-12H2/t26-/m1/s1. The molecule has 0 unspecified atom stereocenters. The molecule has 1 atom stereocenters. The van der Waals surface area contributed by atoms with Crippen LogP contribution in [0, 0.1) is 0 Å². The number of hydrogen-bond acceptors (Lipinski definition) is 5. The van der Waals surface area contributed by atoms with Gasteiger partial charge >= 0.3 is 0 Å². The van der Waals surface area contributed by atoms with Crippen molar-refractivity contribution in [2.24, 2.45) is 0 Å². The highest BCUT2D eigenvalue weighted by molar-refractivity contribution is 8.00. The van der Waals surface area contributed by atoms with Crippen LogP contribution in [0.3, 0.4) is 0 Å². The van der Waals surface area contributed by atoms with Crippen LogP contribution in [0.25, 0.3) is 16.7 Å². The maximum atomic E-state index is 12.3. The van der Waals surface area contributed by atoms with E-state index in [-0.39, 0.29) is 0 Å². The van der Waals surface area contributed by atoms with Gasteiger partial charge in [-0.1, -0.05) is 36.4 Å². The van der Waals surface area contributed by atoms with Gasteiger partial charge in [0.05, 0.1) is 28.1 Å². The van der Waals surface area contributed by atoms with Gasteiger partial charge < -0.3 is 0 Å². The van der Waals surface area contributed by atoms with E-state index in [4.69, 9.17) is 0 Å². The minimum Gasteiger partial charge on any atom is -0.254 e. The lowest BCUT2D eigenvalue weighted by molar-refractivity contribution is 0.684. The van der Waals surface area contributed by atoms with Gasteiger partial charge in [-0.2, -0.15) is 5.10 Å². The zero-order chi connectivity index (χ0) is 17.8. The Hall–Kier alpha value is -2.51. The summed E-state index contributed by atoms with van der Waals surface area (Å²) in [6.45, 7) is 0. The summed E-state index contributed by atoms with van der Waals surface area (Å²) in [5.74, 6) is 1.29. The zero-order valence-corrected chi connectivity index (χ0v) is 15.5. The first-order chi connectivity index (χ1) is 12.8. The summed E-state index contributed by atoms with van der Waals surface area (Å²) < 4.78 is 14.1. The number of hydrogen-bond donors (Lipinski definition) is 0. The van der Waals surface area contributed by atoms with Crippen LogP contribution in [0.5, 0.6) is 0 Å². The van der Waals surface area contributed by atoms with Crippen molar-refractivity contribution in [2.75, 3.05) is 11.5 Å². The highest BCUT2D eigenvalue weighted by atomic mass is 32.2. The molecule has 0 radical (unpaired) electrons. The number of fused-ring (bicyclic) bond motifs is 1. The minimum atomic E-state index is -1.00. The fraction of sp³-hybridized carbons (Fsp3) is 0.105. The van der Waals surface area contributed by atoms with E-state index >= 15 is 0 Å². The molecule has 0 N–H and O–H groups in total. The lowest BCUT2D eigenvalue weighted by Crippen LogP contribution is -2.01. The number of thioether (sulfide) groups is 1. The largest absolute Gasteiger partial charge is 0.254 e. The van der Waals surface area contributed by atoms with Crippen molar-refractivity contribution < 1.29 is 4.21 Å². The van der Waals surface area contributed by atoms with E-state index in [1.165, 1.54) is 0 Å². The van der Waals surface area contributed by atoms with Crippen LogP contribution in [0.4, 0.5) is 0 Å². The monoisotopic (exact) mass is 380 g/mol. The molecule has 2 aromatic heterocycles. The Morgan fingerprint density at radius 2 is 1.69 bits per heavy atom. The number of rotatable bonds is 6. The third-order valence-electron chi connectivity index (χ3n) is 3.84. The first-order valence-electron chi connectivity index (χ1n) is 8.13. The second kappa shape index (κ2) is 7.80. The van der Waals surface area contributed by atoms with Gasteiger partial charge in [-0.15, -0.1) is 11.8 Å². The Morgan fingerprint density at radius 1 is 0.962 bits per heavy atom. The van der Waals surface area contributed by atoms with Crippen molar-refractivity contribution in [1.29, 1.82) is 0 Å². The maximum Gasteiger partial charge on any atom is 0.167 e. The predicted octanol–water partition coefficient (Wildman–Crippen LogP) is 3.72. The molecule has 2 heterocycles. The molecule has 0 aliphatic carbocycles. The Balaban J connectivity index is 1.51. The summed E-state index contributed by atoms with van der Waals surface area (Å²) in [6.07, 6.45) is 3.35. The Kier molecular flexibility index (Phi) is 5.08. The molecular formula is C19H16N4OS2. The van der Waals surface area contributed by atoms with Crippen LogP contribution >= 0.6 is 11.8 Å². The van der Waals surface area contributed by atoms with E-state index in [1.807, 2.05) is 65.3 Å². The molecular weight excluding hydrogens is 364 g/mol. The quantitative estimate of drug-likeness (QED) is 0.377. The fourth-order valence-corrected chi connectivity index (χ4v) is 4.85. The van der Waals surface area contributed by atoms with Crippen LogP contribution in [-0.4, -0.2) is 35.5 Å². The summed E-state index contributed by atoms with van der Waals surface area (Å²) >= 11 is 1.58. The minimum absolute atomic E-state index is 0.576.